The van der Waals surface area contributed by atoms with E-state index >= 15 is 0 Å². The van der Waals surface area contributed by atoms with Gasteiger partial charge in [0.1, 0.15) is 0 Å². The van der Waals surface area contributed by atoms with Crippen LogP contribution in [0.3, 0.4) is 0 Å². The zero-order valence-corrected chi connectivity index (χ0v) is 8.37. The third kappa shape index (κ3) is 2.13. The van der Waals surface area contributed by atoms with E-state index in [9.17, 15) is 0 Å². The Morgan fingerprint density at radius 2 is 2.50 bits per heavy atom. The molecule has 1 aliphatic carbocycles. The van der Waals surface area contributed by atoms with Gasteiger partial charge in [-0.25, -0.2) is 0 Å². The lowest BCUT2D eigenvalue weighted by molar-refractivity contribution is 0.404. The van der Waals surface area contributed by atoms with Gasteiger partial charge >= 0.3 is 0 Å². The number of hydrogen-bond acceptors (Lipinski definition) is 3. The van der Waals surface area contributed by atoms with Crippen molar-refractivity contribution in [2.24, 2.45) is 11.7 Å². The molecule has 2 unspecified atom stereocenters. The quantitative estimate of drug-likeness (QED) is 0.658. The van der Waals surface area contributed by atoms with Gasteiger partial charge in [0.05, 0.1) is 0 Å². The van der Waals surface area contributed by atoms with Crippen molar-refractivity contribution in [2.75, 3.05) is 6.54 Å². The molecule has 0 aliphatic heterocycles. The maximum atomic E-state index is 5.71. The molecule has 0 amide bonds. The largest absolute Gasteiger partial charge is 0.330 e. The summed E-state index contributed by atoms with van der Waals surface area (Å²) in [5.41, 5.74) is 6.86. The van der Waals surface area contributed by atoms with Gasteiger partial charge in [-0.1, -0.05) is 6.42 Å². The van der Waals surface area contributed by atoms with Crippen LogP contribution in [0.2, 0.25) is 0 Å². The molecule has 2 atom stereocenters. The summed E-state index contributed by atoms with van der Waals surface area (Å²) in [4.78, 5) is 0. The van der Waals surface area contributed by atoms with Crippen molar-refractivity contribution in [3.63, 3.8) is 0 Å². The Morgan fingerprint density at radius 3 is 3.21 bits per heavy atom. The molecule has 4 N–H and O–H groups in total. The van der Waals surface area contributed by atoms with Crippen molar-refractivity contribution >= 4 is 0 Å². The highest BCUT2D eigenvalue weighted by Crippen LogP contribution is 2.24. The number of nitrogens with one attached hydrogen (secondary N) is 2. The summed E-state index contributed by atoms with van der Waals surface area (Å²) in [5, 5.41) is 10.4. The summed E-state index contributed by atoms with van der Waals surface area (Å²) in [6.07, 6.45) is 5.63. The fourth-order valence-electron chi connectivity index (χ4n) is 2.21. The maximum Gasteiger partial charge on any atom is 0.0490 e. The van der Waals surface area contributed by atoms with Gasteiger partial charge in [0, 0.05) is 24.5 Å². The second-order valence-corrected chi connectivity index (χ2v) is 4.00. The molecule has 14 heavy (non-hydrogen) atoms. The standard InChI is InChI=1S/C10H18N4/c11-6-8-2-1-3-10(8)12-7-9-4-5-13-14-9/h4-5,8,10,12H,1-3,6-7,11H2,(H,13,14). The first-order chi connectivity index (χ1) is 6.90. The van der Waals surface area contributed by atoms with Crippen LogP contribution in [0.1, 0.15) is 25.0 Å². The van der Waals surface area contributed by atoms with Crippen molar-refractivity contribution < 1.29 is 0 Å². The molecule has 1 fully saturated rings. The highest BCUT2D eigenvalue weighted by molar-refractivity contribution is 4.97. The van der Waals surface area contributed by atoms with Crippen LogP contribution in [0.15, 0.2) is 12.3 Å². The molecule has 1 heterocycles. The Balaban J connectivity index is 1.80. The average molecular weight is 194 g/mol. The Bertz CT molecular complexity index is 257. The molecule has 0 spiro atoms. The molecule has 78 valence electrons. The summed E-state index contributed by atoms with van der Waals surface area (Å²) >= 11 is 0. The molecule has 2 rings (SSSR count). The zero-order valence-electron chi connectivity index (χ0n) is 8.37. The van der Waals surface area contributed by atoms with Crippen molar-refractivity contribution in [3.05, 3.63) is 18.0 Å². The second-order valence-electron chi connectivity index (χ2n) is 4.00. The first kappa shape index (κ1) is 9.68. The second kappa shape index (κ2) is 4.57. The van der Waals surface area contributed by atoms with Crippen LogP contribution in [0.5, 0.6) is 0 Å². The molecule has 4 heteroatoms. The summed E-state index contributed by atoms with van der Waals surface area (Å²) in [6.45, 7) is 1.68. The molecule has 1 aromatic rings. The third-order valence-corrected chi connectivity index (χ3v) is 3.07. The minimum atomic E-state index is 0.600. The number of hydrogen-bond donors (Lipinski definition) is 3. The molecular formula is C10H18N4. The molecule has 4 nitrogen and oxygen atoms in total. The first-order valence-electron chi connectivity index (χ1n) is 5.32. The van der Waals surface area contributed by atoms with Gasteiger partial charge in [-0.3, -0.25) is 5.10 Å². The Labute approximate surface area is 84.3 Å². The molecular weight excluding hydrogens is 176 g/mol. The van der Waals surface area contributed by atoms with Gasteiger partial charge in [0.25, 0.3) is 0 Å². The van der Waals surface area contributed by atoms with Gasteiger partial charge in [-0.15, -0.1) is 0 Å². The average Bonchev–Trinajstić information content (AvgIpc) is 2.85. The SMILES string of the molecule is NCC1CCCC1NCc1ccn[nH]1. The predicted molar refractivity (Wildman–Crippen MR) is 55.6 cm³/mol. The zero-order chi connectivity index (χ0) is 9.80. The Hall–Kier alpha value is -0.870. The summed E-state index contributed by atoms with van der Waals surface area (Å²) < 4.78 is 0. The van der Waals surface area contributed by atoms with E-state index < -0.39 is 0 Å². The van der Waals surface area contributed by atoms with E-state index in [-0.39, 0.29) is 0 Å². The lowest BCUT2D eigenvalue weighted by Gasteiger charge is -2.18. The minimum absolute atomic E-state index is 0.600. The van der Waals surface area contributed by atoms with E-state index in [0.29, 0.717) is 12.0 Å². The van der Waals surface area contributed by atoms with Crippen molar-refractivity contribution in [3.8, 4) is 0 Å². The topological polar surface area (TPSA) is 66.7 Å². The van der Waals surface area contributed by atoms with Crippen molar-refractivity contribution in [1.29, 1.82) is 0 Å². The number of rotatable bonds is 4. The van der Waals surface area contributed by atoms with Gasteiger partial charge < -0.3 is 11.1 Å². The molecule has 0 bridgehead atoms. The van der Waals surface area contributed by atoms with E-state index in [0.717, 1.165) is 18.8 Å². The molecule has 1 saturated carbocycles. The van der Waals surface area contributed by atoms with Crippen LogP contribution in [-0.2, 0) is 6.54 Å². The fraction of sp³-hybridized carbons (Fsp3) is 0.700. The van der Waals surface area contributed by atoms with Gasteiger partial charge in [-0.2, -0.15) is 5.10 Å². The number of aromatic nitrogens is 2. The van der Waals surface area contributed by atoms with Gasteiger partial charge in [0.2, 0.25) is 0 Å². The Morgan fingerprint density at radius 1 is 1.57 bits per heavy atom. The first-order valence-corrected chi connectivity index (χ1v) is 5.32. The highest BCUT2D eigenvalue weighted by atomic mass is 15.1. The lowest BCUT2D eigenvalue weighted by Crippen LogP contribution is -2.35. The number of aromatic amines is 1. The fourth-order valence-corrected chi connectivity index (χ4v) is 2.21. The van der Waals surface area contributed by atoms with E-state index in [1.807, 2.05) is 6.07 Å². The molecule has 1 aromatic heterocycles. The third-order valence-electron chi connectivity index (χ3n) is 3.07. The normalized spacial score (nSPS) is 26.9. The Kier molecular flexibility index (Phi) is 3.16. The van der Waals surface area contributed by atoms with Crippen LogP contribution in [0.25, 0.3) is 0 Å². The van der Waals surface area contributed by atoms with E-state index in [2.05, 4.69) is 15.5 Å². The van der Waals surface area contributed by atoms with Crippen molar-refractivity contribution in [2.45, 2.75) is 31.8 Å². The molecule has 0 aromatic carbocycles. The van der Waals surface area contributed by atoms with E-state index in [4.69, 9.17) is 5.73 Å². The number of nitrogens with zero attached hydrogens (tertiary/aromatic N) is 1. The molecule has 0 saturated heterocycles. The lowest BCUT2D eigenvalue weighted by atomic mass is 10.0. The van der Waals surface area contributed by atoms with E-state index in [1.54, 1.807) is 6.20 Å². The highest BCUT2D eigenvalue weighted by Gasteiger charge is 2.25. The minimum Gasteiger partial charge on any atom is -0.330 e. The van der Waals surface area contributed by atoms with Crippen LogP contribution in [-0.4, -0.2) is 22.8 Å². The van der Waals surface area contributed by atoms with Crippen LogP contribution in [0, 0.1) is 5.92 Å². The van der Waals surface area contributed by atoms with Crippen LogP contribution < -0.4 is 11.1 Å². The van der Waals surface area contributed by atoms with Gasteiger partial charge in [0.15, 0.2) is 0 Å². The van der Waals surface area contributed by atoms with Crippen LogP contribution >= 0.6 is 0 Å². The monoisotopic (exact) mass is 194 g/mol. The molecule has 0 radical (unpaired) electrons. The molecule has 1 aliphatic rings. The smallest absolute Gasteiger partial charge is 0.0490 e. The van der Waals surface area contributed by atoms with Crippen LogP contribution in [0.4, 0.5) is 0 Å². The summed E-state index contributed by atoms with van der Waals surface area (Å²) in [6, 6.07) is 2.60. The predicted octanol–water partition coefficient (Wildman–Crippen LogP) is 0.627. The maximum absolute atomic E-state index is 5.71. The van der Waals surface area contributed by atoms with Gasteiger partial charge in [-0.05, 0) is 31.4 Å². The summed E-state index contributed by atoms with van der Waals surface area (Å²) in [7, 11) is 0. The summed E-state index contributed by atoms with van der Waals surface area (Å²) in [5.74, 6) is 0.665. The van der Waals surface area contributed by atoms with E-state index in [1.165, 1.54) is 19.3 Å². The van der Waals surface area contributed by atoms with Crippen molar-refractivity contribution in [1.82, 2.24) is 15.5 Å². The number of nitrogens with two attached hydrogens (primary N) is 1. The number of H-pyrrole nitrogens is 1.